The van der Waals surface area contributed by atoms with Crippen LogP contribution in [-0.2, 0) is 4.74 Å². The Morgan fingerprint density at radius 2 is 2.09 bits per heavy atom. The van der Waals surface area contributed by atoms with Crippen LogP contribution < -0.4 is 5.32 Å². The lowest BCUT2D eigenvalue weighted by Crippen LogP contribution is -2.41. The molecule has 0 bridgehead atoms. The number of hydrogen-bond donors (Lipinski definition) is 1. The summed E-state index contributed by atoms with van der Waals surface area (Å²) in [6.45, 7) is 6.05. The smallest absolute Gasteiger partial charge is 0.272 e. The van der Waals surface area contributed by atoms with Gasteiger partial charge in [-0.1, -0.05) is 0 Å². The zero-order valence-electron chi connectivity index (χ0n) is 13.6. The van der Waals surface area contributed by atoms with Crippen LogP contribution in [0.2, 0.25) is 0 Å². The van der Waals surface area contributed by atoms with Gasteiger partial charge in [0.15, 0.2) is 0 Å². The van der Waals surface area contributed by atoms with Crippen LogP contribution in [0.1, 0.15) is 22.7 Å². The fraction of sp³-hybridized carbons (Fsp3) is 0.667. The highest BCUT2D eigenvalue weighted by Gasteiger charge is 2.20. The molecule has 0 atom stereocenters. The van der Waals surface area contributed by atoms with Crippen molar-refractivity contribution in [2.24, 2.45) is 0 Å². The van der Waals surface area contributed by atoms with E-state index in [0.29, 0.717) is 43.6 Å². The third kappa shape index (κ3) is 4.92. The standard InChI is InChI=1S/C15H25N5O2/c1-12-17-13(15(21)20-7-9-22-10-8-20)11-14(18-12)16-5-4-6-19(2)3/h11H,4-10H2,1-3H3,(H,16,17,18). The molecule has 0 radical (unpaired) electrons. The fourth-order valence-electron chi connectivity index (χ4n) is 2.31. The number of carbonyl (C=O) groups is 1. The maximum absolute atomic E-state index is 12.5. The van der Waals surface area contributed by atoms with E-state index < -0.39 is 0 Å². The molecule has 22 heavy (non-hydrogen) atoms. The van der Waals surface area contributed by atoms with Gasteiger partial charge in [-0.05, 0) is 34.0 Å². The van der Waals surface area contributed by atoms with Crippen LogP contribution in [0.15, 0.2) is 6.07 Å². The summed E-state index contributed by atoms with van der Waals surface area (Å²) in [5.74, 6) is 1.27. The minimum Gasteiger partial charge on any atom is -0.378 e. The van der Waals surface area contributed by atoms with E-state index >= 15 is 0 Å². The number of amides is 1. The van der Waals surface area contributed by atoms with E-state index in [1.165, 1.54) is 0 Å². The van der Waals surface area contributed by atoms with Gasteiger partial charge in [0.2, 0.25) is 0 Å². The first-order valence-corrected chi connectivity index (χ1v) is 7.67. The summed E-state index contributed by atoms with van der Waals surface area (Å²) in [7, 11) is 4.10. The molecule has 0 unspecified atom stereocenters. The van der Waals surface area contributed by atoms with E-state index in [1.807, 2.05) is 14.1 Å². The number of ether oxygens (including phenoxy) is 1. The number of aryl methyl sites for hydroxylation is 1. The number of morpholine rings is 1. The van der Waals surface area contributed by atoms with E-state index in [9.17, 15) is 4.79 Å². The van der Waals surface area contributed by atoms with Gasteiger partial charge in [0.1, 0.15) is 17.3 Å². The Balaban J connectivity index is 1.98. The van der Waals surface area contributed by atoms with Crippen molar-refractivity contribution in [1.82, 2.24) is 19.8 Å². The molecule has 0 saturated carbocycles. The number of nitrogens with zero attached hydrogens (tertiary/aromatic N) is 4. The maximum atomic E-state index is 12.5. The van der Waals surface area contributed by atoms with Crippen LogP contribution in [0.3, 0.4) is 0 Å². The Hall–Kier alpha value is -1.73. The Kier molecular flexibility index (Phi) is 6.09. The molecule has 7 nitrogen and oxygen atoms in total. The second kappa shape index (κ2) is 8.05. The second-order valence-electron chi connectivity index (χ2n) is 5.67. The summed E-state index contributed by atoms with van der Waals surface area (Å²) in [5.41, 5.74) is 0.449. The van der Waals surface area contributed by atoms with E-state index in [0.717, 1.165) is 19.5 Å². The number of rotatable bonds is 6. The van der Waals surface area contributed by atoms with Gasteiger partial charge in [-0.3, -0.25) is 4.79 Å². The summed E-state index contributed by atoms with van der Waals surface area (Å²) in [5, 5.41) is 3.27. The van der Waals surface area contributed by atoms with Crippen molar-refractivity contribution in [3.05, 3.63) is 17.6 Å². The van der Waals surface area contributed by atoms with Gasteiger partial charge in [0.05, 0.1) is 13.2 Å². The highest BCUT2D eigenvalue weighted by Crippen LogP contribution is 2.10. The zero-order chi connectivity index (χ0) is 15.9. The Morgan fingerprint density at radius 1 is 1.36 bits per heavy atom. The average Bonchev–Trinajstić information content (AvgIpc) is 2.51. The maximum Gasteiger partial charge on any atom is 0.272 e. The topological polar surface area (TPSA) is 70.6 Å². The monoisotopic (exact) mass is 307 g/mol. The van der Waals surface area contributed by atoms with E-state index in [-0.39, 0.29) is 5.91 Å². The number of hydrogen-bond acceptors (Lipinski definition) is 6. The molecule has 1 saturated heterocycles. The SMILES string of the molecule is Cc1nc(NCCCN(C)C)cc(C(=O)N2CCOCC2)n1. The van der Waals surface area contributed by atoms with E-state index in [4.69, 9.17) is 4.74 Å². The number of nitrogens with one attached hydrogen (secondary N) is 1. The van der Waals surface area contributed by atoms with Crippen molar-refractivity contribution in [3.63, 3.8) is 0 Å². The molecule has 1 amide bonds. The summed E-state index contributed by atoms with van der Waals surface area (Å²) < 4.78 is 5.27. The number of carbonyl (C=O) groups excluding carboxylic acids is 1. The van der Waals surface area contributed by atoms with Gasteiger partial charge >= 0.3 is 0 Å². The molecular formula is C15H25N5O2. The Morgan fingerprint density at radius 3 is 2.77 bits per heavy atom. The molecule has 1 aromatic rings. The van der Waals surface area contributed by atoms with Crippen molar-refractivity contribution in [3.8, 4) is 0 Å². The first kappa shape index (κ1) is 16.6. The van der Waals surface area contributed by atoms with Crippen LogP contribution in [0, 0.1) is 6.92 Å². The lowest BCUT2D eigenvalue weighted by molar-refractivity contribution is 0.0299. The molecule has 0 aromatic carbocycles. The lowest BCUT2D eigenvalue weighted by atomic mass is 10.3. The van der Waals surface area contributed by atoms with Crippen LogP contribution in [0.5, 0.6) is 0 Å². The molecule has 0 spiro atoms. The average molecular weight is 307 g/mol. The highest BCUT2D eigenvalue weighted by molar-refractivity contribution is 5.93. The molecule has 122 valence electrons. The van der Waals surface area contributed by atoms with Gasteiger partial charge in [-0.15, -0.1) is 0 Å². The highest BCUT2D eigenvalue weighted by atomic mass is 16.5. The van der Waals surface area contributed by atoms with Crippen LogP contribution in [0.25, 0.3) is 0 Å². The molecule has 2 heterocycles. The van der Waals surface area contributed by atoms with E-state index in [1.54, 1.807) is 17.9 Å². The molecule has 1 fully saturated rings. The van der Waals surface area contributed by atoms with Gasteiger partial charge < -0.3 is 19.9 Å². The minimum atomic E-state index is -0.0508. The van der Waals surface area contributed by atoms with Gasteiger partial charge in [0.25, 0.3) is 5.91 Å². The number of aromatic nitrogens is 2. The van der Waals surface area contributed by atoms with Crippen molar-refractivity contribution in [1.29, 1.82) is 0 Å². The summed E-state index contributed by atoms with van der Waals surface area (Å²) >= 11 is 0. The predicted molar refractivity (Wildman–Crippen MR) is 85.2 cm³/mol. The van der Waals surface area contributed by atoms with Crippen LogP contribution in [-0.4, -0.2) is 79.2 Å². The summed E-state index contributed by atoms with van der Waals surface area (Å²) in [4.78, 5) is 25.0. The Labute approximate surface area is 131 Å². The third-order valence-corrected chi connectivity index (χ3v) is 3.44. The Bertz CT molecular complexity index is 501. The van der Waals surface area contributed by atoms with Gasteiger partial charge in [-0.2, -0.15) is 0 Å². The van der Waals surface area contributed by atoms with Crippen LogP contribution >= 0.6 is 0 Å². The molecule has 2 rings (SSSR count). The molecule has 0 aliphatic carbocycles. The minimum absolute atomic E-state index is 0.0508. The van der Waals surface area contributed by atoms with Crippen molar-refractivity contribution < 1.29 is 9.53 Å². The van der Waals surface area contributed by atoms with Crippen LogP contribution in [0.4, 0.5) is 5.82 Å². The van der Waals surface area contributed by atoms with Crippen molar-refractivity contribution in [2.75, 3.05) is 58.8 Å². The van der Waals surface area contributed by atoms with Crippen molar-refractivity contribution >= 4 is 11.7 Å². The fourth-order valence-corrected chi connectivity index (χ4v) is 2.31. The molecule has 1 aliphatic heterocycles. The van der Waals surface area contributed by atoms with Gasteiger partial charge in [0, 0.05) is 25.7 Å². The largest absolute Gasteiger partial charge is 0.378 e. The zero-order valence-corrected chi connectivity index (χ0v) is 13.6. The second-order valence-corrected chi connectivity index (χ2v) is 5.67. The molecule has 1 aliphatic rings. The predicted octanol–water partition coefficient (Wildman–Crippen LogP) is 0.621. The molecule has 1 aromatic heterocycles. The van der Waals surface area contributed by atoms with Gasteiger partial charge in [-0.25, -0.2) is 9.97 Å². The number of anilines is 1. The third-order valence-electron chi connectivity index (χ3n) is 3.44. The quantitative estimate of drug-likeness (QED) is 0.777. The molecular weight excluding hydrogens is 282 g/mol. The van der Waals surface area contributed by atoms with E-state index in [2.05, 4.69) is 20.2 Å². The summed E-state index contributed by atoms with van der Waals surface area (Å²) in [6.07, 6.45) is 1.02. The first-order chi connectivity index (χ1) is 10.6. The lowest BCUT2D eigenvalue weighted by Gasteiger charge is -2.26. The summed E-state index contributed by atoms with van der Waals surface area (Å²) in [6, 6.07) is 1.74. The molecule has 7 heteroatoms. The normalized spacial score (nSPS) is 15.2. The van der Waals surface area contributed by atoms with Crippen molar-refractivity contribution in [2.45, 2.75) is 13.3 Å². The first-order valence-electron chi connectivity index (χ1n) is 7.67. The molecule has 1 N–H and O–H groups in total.